The molecule has 0 atom stereocenters. The molecule has 20 heavy (non-hydrogen) atoms. The first-order chi connectivity index (χ1) is 9.44. The quantitative estimate of drug-likeness (QED) is 0.687. The molecule has 0 unspecified atom stereocenters. The lowest BCUT2D eigenvalue weighted by Gasteiger charge is -2.09. The van der Waals surface area contributed by atoms with E-state index in [4.69, 9.17) is 5.73 Å². The summed E-state index contributed by atoms with van der Waals surface area (Å²) < 4.78 is 40.8. The Kier molecular flexibility index (Phi) is 4.42. The van der Waals surface area contributed by atoms with E-state index in [1.165, 1.54) is 6.07 Å². The molecule has 0 amide bonds. The number of aromatic nitrogens is 4. The zero-order valence-corrected chi connectivity index (χ0v) is 12.4. The maximum absolute atomic E-state index is 14.0. The van der Waals surface area contributed by atoms with Crippen LogP contribution >= 0.6 is 15.9 Å². The van der Waals surface area contributed by atoms with E-state index in [2.05, 4.69) is 41.3 Å². The van der Waals surface area contributed by atoms with Gasteiger partial charge in [0.1, 0.15) is 10.7 Å². The van der Waals surface area contributed by atoms with Gasteiger partial charge in [-0.25, -0.2) is 17.5 Å². The van der Waals surface area contributed by atoms with Gasteiger partial charge in [0.15, 0.2) is 5.82 Å². The van der Waals surface area contributed by atoms with Crippen LogP contribution in [0, 0.1) is 5.82 Å². The number of halogens is 2. The molecule has 0 bridgehead atoms. The number of nitrogens with two attached hydrogens (primary N) is 1. The number of H-pyrrole nitrogens is 1. The second kappa shape index (κ2) is 5.91. The molecule has 0 spiro atoms. The number of benzene rings is 1. The second-order valence-corrected chi connectivity index (χ2v) is 6.38. The summed E-state index contributed by atoms with van der Waals surface area (Å²) in [5.74, 6) is -0.737. The van der Waals surface area contributed by atoms with Crippen molar-refractivity contribution in [3.05, 3.63) is 33.8 Å². The molecule has 1 aromatic heterocycles. The normalized spacial score (nSPS) is 11.8. The minimum Gasteiger partial charge on any atom is -0.326 e. The third-order valence-electron chi connectivity index (χ3n) is 2.40. The molecule has 0 fully saturated rings. The van der Waals surface area contributed by atoms with Gasteiger partial charge in [-0.15, -0.1) is 10.2 Å². The number of rotatable bonds is 5. The number of hydrogen-bond acceptors (Lipinski definition) is 6. The summed E-state index contributed by atoms with van der Waals surface area (Å²) in [6.07, 6.45) is 0. The smallest absolute Gasteiger partial charge is 0.243 e. The second-order valence-electron chi connectivity index (χ2n) is 3.73. The maximum Gasteiger partial charge on any atom is 0.243 e. The van der Waals surface area contributed by atoms with Gasteiger partial charge in [-0.2, -0.15) is 5.21 Å². The van der Waals surface area contributed by atoms with Crippen LogP contribution < -0.4 is 10.5 Å². The fraction of sp³-hybridized carbons (Fsp3) is 0.222. The number of nitrogens with zero attached hydrogens (tertiary/aromatic N) is 3. The lowest BCUT2D eigenvalue weighted by atomic mass is 10.2. The van der Waals surface area contributed by atoms with Crippen LogP contribution in [0.2, 0.25) is 0 Å². The largest absolute Gasteiger partial charge is 0.326 e. The Bertz CT molecular complexity index is 705. The van der Waals surface area contributed by atoms with E-state index >= 15 is 0 Å². The molecule has 0 aliphatic rings. The first kappa shape index (κ1) is 15.0. The predicted molar refractivity (Wildman–Crippen MR) is 70.2 cm³/mol. The average molecular weight is 365 g/mol. The Morgan fingerprint density at radius 2 is 2.20 bits per heavy atom. The van der Waals surface area contributed by atoms with Gasteiger partial charge in [0.25, 0.3) is 0 Å². The van der Waals surface area contributed by atoms with Gasteiger partial charge in [-0.1, -0.05) is 21.1 Å². The Labute approximate surface area is 122 Å². The molecule has 2 aromatic rings. The first-order valence-electron chi connectivity index (χ1n) is 5.34. The van der Waals surface area contributed by atoms with Crippen molar-refractivity contribution < 1.29 is 12.8 Å². The van der Waals surface area contributed by atoms with Crippen molar-refractivity contribution in [3.63, 3.8) is 0 Å². The predicted octanol–water partition coefficient (Wildman–Crippen LogP) is 0.0385. The highest BCUT2D eigenvalue weighted by Gasteiger charge is 2.22. The maximum atomic E-state index is 14.0. The van der Waals surface area contributed by atoms with Crippen molar-refractivity contribution in [1.29, 1.82) is 0 Å². The molecule has 1 heterocycles. The minimum absolute atomic E-state index is 0.0966. The van der Waals surface area contributed by atoms with Crippen molar-refractivity contribution in [2.45, 2.75) is 18.0 Å². The molecule has 0 aliphatic carbocycles. The van der Waals surface area contributed by atoms with E-state index in [1.54, 1.807) is 0 Å². The van der Waals surface area contributed by atoms with Crippen molar-refractivity contribution in [2.75, 3.05) is 0 Å². The van der Waals surface area contributed by atoms with Gasteiger partial charge >= 0.3 is 0 Å². The number of sulfonamides is 1. The van der Waals surface area contributed by atoms with E-state index in [0.717, 1.165) is 6.07 Å². The van der Waals surface area contributed by atoms with Crippen molar-refractivity contribution in [2.24, 2.45) is 5.73 Å². The summed E-state index contributed by atoms with van der Waals surface area (Å²) in [6.45, 7) is -0.318. The van der Waals surface area contributed by atoms with Crippen molar-refractivity contribution in [3.8, 4) is 0 Å². The molecule has 1 aromatic carbocycles. The van der Waals surface area contributed by atoms with E-state index in [0.29, 0.717) is 4.47 Å². The Morgan fingerprint density at radius 3 is 2.80 bits per heavy atom. The molecule has 0 saturated carbocycles. The Hall–Kier alpha value is -1.43. The van der Waals surface area contributed by atoms with Crippen LogP contribution in [0.15, 0.2) is 21.5 Å². The third kappa shape index (κ3) is 3.17. The number of hydrogen-bond donors (Lipinski definition) is 3. The Balaban J connectivity index is 2.31. The summed E-state index contributed by atoms with van der Waals surface area (Å²) in [6, 6.07) is 2.58. The summed E-state index contributed by atoms with van der Waals surface area (Å²) >= 11 is 3.12. The summed E-state index contributed by atoms with van der Waals surface area (Å²) in [4.78, 5) is -0.490. The minimum atomic E-state index is -4.05. The molecule has 4 N–H and O–H groups in total. The highest BCUT2D eigenvalue weighted by molar-refractivity contribution is 9.10. The van der Waals surface area contributed by atoms with Crippen LogP contribution in [-0.4, -0.2) is 29.0 Å². The van der Waals surface area contributed by atoms with Gasteiger partial charge < -0.3 is 5.73 Å². The summed E-state index contributed by atoms with van der Waals surface area (Å²) in [5, 5.41) is 12.6. The van der Waals surface area contributed by atoms with E-state index in [9.17, 15) is 12.8 Å². The van der Waals surface area contributed by atoms with E-state index in [1.807, 2.05) is 0 Å². The van der Waals surface area contributed by atoms with Crippen LogP contribution in [0.4, 0.5) is 4.39 Å². The third-order valence-corrected chi connectivity index (χ3v) is 4.26. The van der Waals surface area contributed by atoms with Gasteiger partial charge in [0.2, 0.25) is 10.0 Å². The standard InChI is InChI=1S/C9H10BrFN6O2S/c10-6-1-5(3-12)9(11)7(2-6)20(18,19)13-4-8-14-16-17-15-8/h1-2,13H,3-4,12H2,(H,14,15,16,17). The molecule has 108 valence electrons. The van der Waals surface area contributed by atoms with Crippen LogP contribution in [0.1, 0.15) is 11.4 Å². The van der Waals surface area contributed by atoms with E-state index < -0.39 is 20.7 Å². The van der Waals surface area contributed by atoms with Crippen molar-refractivity contribution in [1.82, 2.24) is 25.3 Å². The van der Waals surface area contributed by atoms with Crippen molar-refractivity contribution >= 4 is 26.0 Å². The fourth-order valence-electron chi connectivity index (χ4n) is 1.46. The first-order valence-corrected chi connectivity index (χ1v) is 7.61. The van der Waals surface area contributed by atoms with Crippen LogP contribution in [0.5, 0.6) is 0 Å². The molecule has 0 saturated heterocycles. The zero-order valence-electron chi connectivity index (χ0n) is 9.97. The number of nitrogens with one attached hydrogen (secondary N) is 2. The highest BCUT2D eigenvalue weighted by atomic mass is 79.9. The molecular formula is C9H10BrFN6O2S. The van der Waals surface area contributed by atoms with E-state index in [-0.39, 0.29) is 24.5 Å². The van der Waals surface area contributed by atoms with Crippen LogP contribution in [0.25, 0.3) is 0 Å². The van der Waals surface area contributed by atoms with Gasteiger partial charge in [-0.3, -0.25) is 0 Å². The molecule has 2 rings (SSSR count). The van der Waals surface area contributed by atoms with Gasteiger partial charge in [-0.05, 0) is 12.1 Å². The molecule has 0 radical (unpaired) electrons. The van der Waals surface area contributed by atoms with Gasteiger partial charge in [0.05, 0.1) is 6.54 Å². The Morgan fingerprint density at radius 1 is 1.45 bits per heavy atom. The lowest BCUT2D eigenvalue weighted by Crippen LogP contribution is -2.25. The topological polar surface area (TPSA) is 127 Å². The van der Waals surface area contributed by atoms with Crippen LogP contribution in [-0.2, 0) is 23.1 Å². The monoisotopic (exact) mass is 364 g/mol. The number of aromatic amines is 1. The average Bonchev–Trinajstić information content (AvgIpc) is 2.92. The molecule has 11 heteroatoms. The number of tetrazole rings is 1. The molecular weight excluding hydrogens is 355 g/mol. The highest BCUT2D eigenvalue weighted by Crippen LogP contribution is 2.23. The molecule has 0 aliphatic heterocycles. The zero-order chi connectivity index (χ0) is 14.8. The van der Waals surface area contributed by atoms with Crippen LogP contribution in [0.3, 0.4) is 0 Å². The summed E-state index contributed by atoms with van der Waals surface area (Å²) in [5.41, 5.74) is 5.47. The fourth-order valence-corrected chi connectivity index (χ4v) is 3.24. The SMILES string of the molecule is NCc1cc(Br)cc(S(=O)(=O)NCc2nn[nH]n2)c1F. The van der Waals surface area contributed by atoms with Gasteiger partial charge in [0, 0.05) is 16.6 Å². The lowest BCUT2D eigenvalue weighted by molar-refractivity contribution is 0.548. The molecule has 8 nitrogen and oxygen atoms in total. The summed E-state index contributed by atoms with van der Waals surface area (Å²) in [7, 11) is -4.05.